The number of hydrogen-bond donors (Lipinski definition) is 2. The van der Waals surface area contributed by atoms with Crippen molar-refractivity contribution in [2.24, 2.45) is 5.73 Å². The van der Waals surface area contributed by atoms with Gasteiger partial charge in [-0.25, -0.2) is 4.98 Å². The number of nitrogens with zero attached hydrogens (tertiary/aromatic N) is 1. The molecule has 1 aromatic carbocycles. The molecule has 0 aliphatic rings. The van der Waals surface area contributed by atoms with Gasteiger partial charge in [-0.05, 0) is 26.0 Å². The molecule has 1 heterocycles. The number of fused-ring (bicyclic) bond motifs is 1. The maximum absolute atomic E-state index is 11.9. The van der Waals surface area contributed by atoms with E-state index in [1.807, 2.05) is 6.07 Å². The van der Waals surface area contributed by atoms with Crippen LogP contribution in [0.25, 0.3) is 10.2 Å². The number of thiazole rings is 1. The third-order valence-corrected chi connectivity index (χ3v) is 3.44. The first kappa shape index (κ1) is 13.3. The van der Waals surface area contributed by atoms with Gasteiger partial charge in [0.2, 0.25) is 5.91 Å². The van der Waals surface area contributed by atoms with E-state index >= 15 is 0 Å². The highest BCUT2D eigenvalue weighted by atomic mass is 35.5. The molecule has 0 bridgehead atoms. The molecule has 0 spiro atoms. The van der Waals surface area contributed by atoms with E-state index in [1.54, 1.807) is 25.4 Å². The van der Waals surface area contributed by atoms with Crippen molar-refractivity contribution in [2.45, 2.75) is 25.8 Å². The summed E-state index contributed by atoms with van der Waals surface area (Å²) in [6.45, 7) is 3.61. The maximum atomic E-state index is 11.9. The molecule has 3 N–H and O–H groups in total. The van der Waals surface area contributed by atoms with Gasteiger partial charge in [-0.15, -0.1) is 11.3 Å². The summed E-state index contributed by atoms with van der Waals surface area (Å²) < 4.78 is 0.988. The Morgan fingerprint density at radius 3 is 2.94 bits per heavy atom. The number of hydrogen-bond acceptors (Lipinski definition) is 4. The second kappa shape index (κ2) is 4.84. The Labute approximate surface area is 114 Å². The largest absolute Gasteiger partial charge is 0.325 e. The molecule has 6 heteroatoms. The van der Waals surface area contributed by atoms with E-state index in [0.29, 0.717) is 10.7 Å². The smallest absolute Gasteiger partial charge is 0.226 e. The number of carbonyl (C=O) groups excluding carboxylic acids is 1. The van der Waals surface area contributed by atoms with Crippen LogP contribution in [-0.2, 0) is 4.79 Å². The molecule has 18 heavy (non-hydrogen) atoms. The highest BCUT2D eigenvalue weighted by molar-refractivity contribution is 7.16. The highest BCUT2D eigenvalue weighted by Gasteiger charge is 2.18. The maximum Gasteiger partial charge on any atom is 0.226 e. The van der Waals surface area contributed by atoms with Crippen molar-refractivity contribution in [1.29, 1.82) is 0 Å². The van der Waals surface area contributed by atoms with Crippen LogP contribution in [0.4, 0.5) is 5.69 Å². The molecule has 0 unspecified atom stereocenters. The Balaban J connectivity index is 2.28. The molecule has 0 radical (unpaired) electrons. The van der Waals surface area contributed by atoms with Gasteiger partial charge >= 0.3 is 0 Å². The minimum atomic E-state index is -0.549. The topological polar surface area (TPSA) is 68.0 Å². The molecular weight excluding hydrogens is 270 g/mol. The molecule has 0 aliphatic heterocycles. The quantitative estimate of drug-likeness (QED) is 0.910. The van der Waals surface area contributed by atoms with Gasteiger partial charge in [0, 0.05) is 12.0 Å². The Hall–Kier alpha value is -1.17. The van der Waals surface area contributed by atoms with Crippen LogP contribution in [0.2, 0.25) is 5.02 Å². The van der Waals surface area contributed by atoms with Crippen molar-refractivity contribution in [1.82, 2.24) is 4.98 Å². The first-order valence-electron chi connectivity index (χ1n) is 5.47. The van der Waals surface area contributed by atoms with Gasteiger partial charge < -0.3 is 11.1 Å². The zero-order chi connectivity index (χ0) is 13.3. The normalized spacial score (nSPS) is 11.8. The number of rotatable bonds is 3. The Bertz CT molecular complexity index is 589. The SMILES string of the molecule is CC(C)(N)CC(=O)Nc1c(Cl)ccc2scnc12. The fourth-order valence-electron chi connectivity index (χ4n) is 1.62. The molecule has 2 aromatic rings. The summed E-state index contributed by atoms with van der Waals surface area (Å²) in [4.78, 5) is 16.1. The Morgan fingerprint density at radius 2 is 2.28 bits per heavy atom. The fraction of sp³-hybridized carbons (Fsp3) is 0.333. The van der Waals surface area contributed by atoms with Gasteiger partial charge in [0.15, 0.2) is 0 Å². The monoisotopic (exact) mass is 283 g/mol. The number of carbonyl (C=O) groups is 1. The van der Waals surface area contributed by atoms with Crippen LogP contribution in [0, 0.1) is 0 Å². The van der Waals surface area contributed by atoms with Crippen molar-refractivity contribution in [3.63, 3.8) is 0 Å². The summed E-state index contributed by atoms with van der Waals surface area (Å²) in [5, 5.41) is 3.27. The molecule has 4 nitrogen and oxygen atoms in total. The predicted molar refractivity (Wildman–Crippen MR) is 76.1 cm³/mol. The predicted octanol–water partition coefficient (Wildman–Crippen LogP) is 3.02. The van der Waals surface area contributed by atoms with Crippen LogP contribution in [0.15, 0.2) is 17.6 Å². The van der Waals surface area contributed by atoms with Crippen molar-refractivity contribution >= 4 is 44.7 Å². The molecule has 1 amide bonds. The number of nitrogens with one attached hydrogen (secondary N) is 1. The lowest BCUT2D eigenvalue weighted by Crippen LogP contribution is -2.36. The van der Waals surface area contributed by atoms with Crippen molar-refractivity contribution in [3.05, 3.63) is 22.7 Å². The summed E-state index contributed by atoms with van der Waals surface area (Å²) in [6, 6.07) is 3.64. The molecule has 0 atom stereocenters. The molecule has 0 saturated heterocycles. The van der Waals surface area contributed by atoms with Crippen LogP contribution in [0.1, 0.15) is 20.3 Å². The summed E-state index contributed by atoms with van der Waals surface area (Å²) in [5.41, 5.74) is 8.27. The van der Waals surface area contributed by atoms with Gasteiger partial charge in [-0.1, -0.05) is 11.6 Å². The van der Waals surface area contributed by atoms with Crippen molar-refractivity contribution < 1.29 is 4.79 Å². The molecule has 0 aliphatic carbocycles. The summed E-state index contributed by atoms with van der Waals surface area (Å²) in [7, 11) is 0. The third-order valence-electron chi connectivity index (χ3n) is 2.33. The highest BCUT2D eigenvalue weighted by Crippen LogP contribution is 2.32. The minimum absolute atomic E-state index is 0.162. The Morgan fingerprint density at radius 1 is 1.56 bits per heavy atom. The van der Waals surface area contributed by atoms with Crippen LogP contribution >= 0.6 is 22.9 Å². The minimum Gasteiger partial charge on any atom is -0.325 e. The molecule has 96 valence electrons. The first-order valence-corrected chi connectivity index (χ1v) is 6.73. The van der Waals surface area contributed by atoms with Crippen LogP contribution in [-0.4, -0.2) is 16.4 Å². The van der Waals surface area contributed by atoms with Crippen LogP contribution in [0.5, 0.6) is 0 Å². The number of nitrogens with two attached hydrogens (primary N) is 1. The number of amides is 1. The molecule has 0 saturated carbocycles. The van der Waals surface area contributed by atoms with Crippen LogP contribution in [0.3, 0.4) is 0 Å². The first-order chi connectivity index (χ1) is 8.37. The van der Waals surface area contributed by atoms with E-state index in [0.717, 1.165) is 10.2 Å². The van der Waals surface area contributed by atoms with E-state index < -0.39 is 5.54 Å². The van der Waals surface area contributed by atoms with E-state index in [-0.39, 0.29) is 12.3 Å². The third kappa shape index (κ3) is 2.98. The van der Waals surface area contributed by atoms with E-state index in [4.69, 9.17) is 17.3 Å². The van der Waals surface area contributed by atoms with E-state index in [2.05, 4.69) is 10.3 Å². The molecule has 0 fully saturated rings. The summed E-state index contributed by atoms with van der Waals surface area (Å²) in [5.74, 6) is -0.162. The zero-order valence-electron chi connectivity index (χ0n) is 10.2. The second-order valence-corrected chi connectivity index (χ2v) is 6.13. The summed E-state index contributed by atoms with van der Waals surface area (Å²) in [6.07, 6.45) is 0.226. The molecule has 2 rings (SSSR count). The van der Waals surface area contributed by atoms with E-state index in [9.17, 15) is 4.79 Å². The van der Waals surface area contributed by atoms with Gasteiger partial charge in [-0.2, -0.15) is 0 Å². The number of aromatic nitrogens is 1. The Kier molecular flexibility index (Phi) is 3.56. The van der Waals surface area contributed by atoms with Crippen LogP contribution < -0.4 is 11.1 Å². The van der Waals surface area contributed by atoms with Gasteiger partial charge in [0.05, 0.1) is 20.9 Å². The second-order valence-electron chi connectivity index (χ2n) is 4.84. The molecular formula is C12H14ClN3OS. The number of anilines is 1. The molecule has 1 aromatic heterocycles. The average Bonchev–Trinajstić information content (AvgIpc) is 2.67. The standard InChI is InChI=1S/C12H14ClN3OS/c1-12(2,14)5-9(17)16-10-7(13)3-4-8-11(10)15-6-18-8/h3-4,6H,5,14H2,1-2H3,(H,16,17). The fourth-order valence-corrected chi connectivity index (χ4v) is 2.51. The van der Waals surface area contributed by atoms with Gasteiger partial charge in [0.25, 0.3) is 0 Å². The average molecular weight is 284 g/mol. The van der Waals surface area contributed by atoms with E-state index in [1.165, 1.54) is 11.3 Å². The lowest BCUT2D eigenvalue weighted by atomic mass is 10.0. The number of benzene rings is 1. The lowest BCUT2D eigenvalue weighted by molar-refractivity contribution is -0.117. The van der Waals surface area contributed by atoms with Gasteiger partial charge in [0.1, 0.15) is 5.52 Å². The van der Waals surface area contributed by atoms with Gasteiger partial charge in [-0.3, -0.25) is 4.79 Å². The van der Waals surface area contributed by atoms with Crippen molar-refractivity contribution in [3.8, 4) is 0 Å². The van der Waals surface area contributed by atoms with Crippen molar-refractivity contribution in [2.75, 3.05) is 5.32 Å². The zero-order valence-corrected chi connectivity index (χ0v) is 11.7. The number of halogens is 1. The summed E-state index contributed by atoms with van der Waals surface area (Å²) >= 11 is 7.60. The lowest BCUT2D eigenvalue weighted by Gasteiger charge is -2.18.